The summed E-state index contributed by atoms with van der Waals surface area (Å²) in [6.07, 6.45) is 2.81. The van der Waals surface area contributed by atoms with Crippen molar-refractivity contribution < 1.29 is 0 Å². The molecule has 2 rings (SSSR count). The molecule has 1 atom stereocenters. The molecule has 1 aliphatic heterocycles. The van der Waals surface area contributed by atoms with E-state index in [2.05, 4.69) is 28.7 Å². The minimum Gasteiger partial charge on any atom is -0.356 e. The molecule has 4 nitrogen and oxygen atoms in total. The summed E-state index contributed by atoms with van der Waals surface area (Å²) in [4.78, 5) is 13.1. The van der Waals surface area contributed by atoms with Gasteiger partial charge in [0, 0.05) is 38.8 Å². The van der Waals surface area contributed by atoms with Crippen LogP contribution in [0.3, 0.4) is 0 Å². The highest BCUT2D eigenvalue weighted by Crippen LogP contribution is 2.34. The number of nitrogens with zero attached hydrogens (tertiary/aromatic N) is 4. The first kappa shape index (κ1) is 13.4. The molecule has 1 saturated heterocycles. The molecule has 0 spiro atoms. The van der Waals surface area contributed by atoms with Gasteiger partial charge in [0.05, 0.1) is 0 Å². The van der Waals surface area contributed by atoms with Gasteiger partial charge in [-0.3, -0.25) is 0 Å². The quantitative estimate of drug-likeness (QED) is 0.771. The molecule has 18 heavy (non-hydrogen) atoms. The fourth-order valence-corrected chi connectivity index (χ4v) is 2.42. The second-order valence-electron chi connectivity index (χ2n) is 5.78. The predicted molar refractivity (Wildman–Crippen MR) is 76.6 cm³/mol. The third-order valence-electron chi connectivity index (χ3n) is 3.45. The number of piperidine rings is 1. The summed E-state index contributed by atoms with van der Waals surface area (Å²) < 4.78 is 0. The summed E-state index contributed by atoms with van der Waals surface area (Å²) in [7, 11) is 3.90. The van der Waals surface area contributed by atoms with Gasteiger partial charge in [-0.15, -0.1) is 11.6 Å². The minimum atomic E-state index is 0.114. The lowest BCUT2D eigenvalue weighted by Crippen LogP contribution is -2.47. The smallest absolute Gasteiger partial charge is 0.226 e. The molecular weight excluding hydrogens is 248 g/mol. The maximum Gasteiger partial charge on any atom is 0.226 e. The Bertz CT molecular complexity index is 419. The van der Waals surface area contributed by atoms with E-state index >= 15 is 0 Å². The zero-order chi connectivity index (χ0) is 13.3. The molecule has 0 saturated carbocycles. The summed E-state index contributed by atoms with van der Waals surface area (Å²) in [6.45, 7) is 6.32. The lowest BCUT2D eigenvalue weighted by atomic mass is 9.83. The number of hydrogen-bond donors (Lipinski definition) is 0. The average Bonchev–Trinajstić information content (AvgIpc) is 2.33. The Morgan fingerprint density at radius 1 is 1.44 bits per heavy atom. The topological polar surface area (TPSA) is 32.3 Å². The van der Waals surface area contributed by atoms with E-state index < -0.39 is 0 Å². The molecule has 0 aromatic carbocycles. The zero-order valence-electron chi connectivity index (χ0n) is 11.5. The molecule has 1 unspecified atom stereocenters. The number of alkyl halides is 1. The van der Waals surface area contributed by atoms with Crippen LogP contribution in [0, 0.1) is 5.41 Å². The van der Waals surface area contributed by atoms with E-state index in [9.17, 15) is 0 Å². The van der Waals surface area contributed by atoms with Gasteiger partial charge in [-0.25, -0.2) is 4.98 Å². The van der Waals surface area contributed by atoms with Gasteiger partial charge in [-0.1, -0.05) is 13.8 Å². The SMILES string of the molecule is CN(C)c1nccc(N2CCC(Cl)C(C)(C)C2)n1. The highest BCUT2D eigenvalue weighted by atomic mass is 35.5. The molecule has 2 heterocycles. The number of aromatic nitrogens is 2. The van der Waals surface area contributed by atoms with Crippen molar-refractivity contribution in [3.8, 4) is 0 Å². The van der Waals surface area contributed by atoms with Gasteiger partial charge in [0.25, 0.3) is 0 Å². The van der Waals surface area contributed by atoms with Crippen molar-refractivity contribution in [1.82, 2.24) is 9.97 Å². The molecule has 0 N–H and O–H groups in total. The molecule has 1 aliphatic rings. The normalized spacial score (nSPS) is 22.9. The van der Waals surface area contributed by atoms with E-state index in [1.807, 2.05) is 31.3 Å². The van der Waals surface area contributed by atoms with Gasteiger partial charge in [0.15, 0.2) is 0 Å². The molecule has 0 aliphatic carbocycles. The van der Waals surface area contributed by atoms with Gasteiger partial charge < -0.3 is 9.80 Å². The summed E-state index contributed by atoms with van der Waals surface area (Å²) in [5, 5.41) is 0.240. The van der Waals surface area contributed by atoms with Crippen LogP contribution >= 0.6 is 11.6 Å². The molecule has 5 heteroatoms. The largest absolute Gasteiger partial charge is 0.356 e. The molecule has 0 bridgehead atoms. The monoisotopic (exact) mass is 268 g/mol. The molecule has 100 valence electrons. The van der Waals surface area contributed by atoms with E-state index in [1.54, 1.807) is 0 Å². The summed E-state index contributed by atoms with van der Waals surface area (Å²) in [5.74, 6) is 1.74. The van der Waals surface area contributed by atoms with Crippen LogP contribution in [-0.2, 0) is 0 Å². The lowest BCUT2D eigenvalue weighted by Gasteiger charge is -2.42. The first-order chi connectivity index (χ1) is 8.40. The Morgan fingerprint density at radius 2 is 2.17 bits per heavy atom. The van der Waals surface area contributed by atoms with E-state index in [0.717, 1.165) is 31.3 Å². The number of hydrogen-bond acceptors (Lipinski definition) is 4. The molecular formula is C13H21ClN4. The fourth-order valence-electron chi connectivity index (χ4n) is 2.26. The van der Waals surface area contributed by atoms with Crippen molar-refractivity contribution in [2.24, 2.45) is 5.41 Å². The lowest BCUT2D eigenvalue weighted by molar-refractivity contribution is 0.299. The van der Waals surface area contributed by atoms with Crippen molar-refractivity contribution in [1.29, 1.82) is 0 Å². The summed E-state index contributed by atoms with van der Waals surface area (Å²) in [5.41, 5.74) is 0.114. The predicted octanol–water partition coefficient (Wildman–Crippen LogP) is 2.39. The van der Waals surface area contributed by atoms with Crippen molar-refractivity contribution in [3.63, 3.8) is 0 Å². The van der Waals surface area contributed by atoms with Crippen molar-refractivity contribution in [2.75, 3.05) is 37.0 Å². The van der Waals surface area contributed by atoms with E-state index in [-0.39, 0.29) is 10.8 Å². The van der Waals surface area contributed by atoms with Crippen LogP contribution in [0.5, 0.6) is 0 Å². The second kappa shape index (κ2) is 4.92. The number of anilines is 2. The Kier molecular flexibility index (Phi) is 3.66. The third-order valence-corrected chi connectivity index (χ3v) is 4.26. The summed E-state index contributed by atoms with van der Waals surface area (Å²) in [6, 6.07) is 1.97. The van der Waals surface area contributed by atoms with Crippen LogP contribution in [0.25, 0.3) is 0 Å². The van der Waals surface area contributed by atoms with Crippen LogP contribution in [-0.4, -0.2) is 42.5 Å². The van der Waals surface area contributed by atoms with Crippen molar-refractivity contribution in [3.05, 3.63) is 12.3 Å². The first-order valence-corrected chi connectivity index (χ1v) is 6.73. The molecule has 1 aromatic heterocycles. The first-order valence-electron chi connectivity index (χ1n) is 6.29. The van der Waals surface area contributed by atoms with Gasteiger partial charge in [-0.2, -0.15) is 4.98 Å². The molecule has 0 amide bonds. The third kappa shape index (κ3) is 2.69. The zero-order valence-corrected chi connectivity index (χ0v) is 12.3. The molecule has 1 fully saturated rings. The van der Waals surface area contributed by atoms with Gasteiger partial charge in [0.1, 0.15) is 5.82 Å². The minimum absolute atomic E-state index is 0.114. The maximum atomic E-state index is 6.38. The van der Waals surface area contributed by atoms with Crippen molar-refractivity contribution >= 4 is 23.4 Å². The highest BCUT2D eigenvalue weighted by molar-refractivity contribution is 6.21. The highest BCUT2D eigenvalue weighted by Gasteiger charge is 2.35. The van der Waals surface area contributed by atoms with Gasteiger partial charge in [-0.05, 0) is 17.9 Å². The Morgan fingerprint density at radius 3 is 2.78 bits per heavy atom. The molecule has 1 aromatic rings. The van der Waals surface area contributed by atoms with Gasteiger partial charge in [0.2, 0.25) is 5.95 Å². The number of halogens is 1. The Hall–Kier alpha value is -1.03. The van der Waals surface area contributed by atoms with Crippen LogP contribution in [0.15, 0.2) is 12.3 Å². The van der Waals surface area contributed by atoms with E-state index in [0.29, 0.717) is 0 Å². The summed E-state index contributed by atoms with van der Waals surface area (Å²) >= 11 is 6.38. The van der Waals surface area contributed by atoms with Gasteiger partial charge >= 0.3 is 0 Å². The van der Waals surface area contributed by atoms with Crippen LogP contribution in [0.2, 0.25) is 0 Å². The standard InChI is InChI=1S/C13H21ClN4/c1-13(2)9-18(8-6-10(13)14)11-5-7-15-12(16-11)17(3)4/h5,7,10H,6,8-9H2,1-4H3. The van der Waals surface area contributed by atoms with Crippen LogP contribution in [0.4, 0.5) is 11.8 Å². The van der Waals surface area contributed by atoms with Crippen molar-refractivity contribution in [2.45, 2.75) is 25.6 Å². The number of rotatable bonds is 2. The second-order valence-corrected chi connectivity index (χ2v) is 6.30. The van der Waals surface area contributed by atoms with E-state index in [4.69, 9.17) is 11.6 Å². The van der Waals surface area contributed by atoms with Crippen LogP contribution in [0.1, 0.15) is 20.3 Å². The fraction of sp³-hybridized carbons (Fsp3) is 0.692. The maximum absolute atomic E-state index is 6.38. The Labute approximate surface area is 114 Å². The van der Waals surface area contributed by atoms with E-state index in [1.165, 1.54) is 0 Å². The Balaban J connectivity index is 2.19. The average molecular weight is 269 g/mol. The van der Waals surface area contributed by atoms with Crippen LogP contribution < -0.4 is 9.80 Å². The molecule has 0 radical (unpaired) electrons.